The maximum Gasteiger partial charge on any atom is 0.255 e. The molecule has 3 aromatic rings. The molecule has 26 heavy (non-hydrogen) atoms. The molecule has 0 bridgehead atoms. The number of aryl methyl sites for hydroxylation is 1. The van der Waals surface area contributed by atoms with Crippen LogP contribution in [0, 0.1) is 6.92 Å². The second kappa shape index (κ2) is 6.92. The van der Waals surface area contributed by atoms with Gasteiger partial charge in [-0.25, -0.2) is 4.98 Å². The molecule has 0 aliphatic carbocycles. The molecule has 1 atom stereocenters. The van der Waals surface area contributed by atoms with Crippen LogP contribution in [0.3, 0.4) is 0 Å². The molecule has 1 unspecified atom stereocenters. The van der Waals surface area contributed by atoms with Gasteiger partial charge in [0.1, 0.15) is 5.82 Å². The van der Waals surface area contributed by atoms with Crippen LogP contribution >= 0.6 is 11.6 Å². The van der Waals surface area contributed by atoms with Gasteiger partial charge >= 0.3 is 0 Å². The number of hydrogen-bond acceptors (Lipinski definition) is 4. The monoisotopic (exact) mass is 366 g/mol. The summed E-state index contributed by atoms with van der Waals surface area (Å²) in [6, 6.07) is 13.5. The van der Waals surface area contributed by atoms with Crippen molar-refractivity contribution < 1.29 is 4.79 Å². The molecule has 1 N–H and O–H groups in total. The lowest BCUT2D eigenvalue weighted by molar-refractivity contribution is 0.0791. The first kappa shape index (κ1) is 16.8. The van der Waals surface area contributed by atoms with Gasteiger partial charge in [-0.3, -0.25) is 9.78 Å². The first-order chi connectivity index (χ1) is 12.6. The summed E-state index contributed by atoms with van der Waals surface area (Å²) in [5, 5.41) is 3.89. The second-order valence-corrected chi connectivity index (χ2v) is 7.02. The summed E-state index contributed by atoms with van der Waals surface area (Å²) in [4.78, 5) is 23.6. The number of amides is 1. The maximum atomic E-state index is 12.8. The van der Waals surface area contributed by atoms with Gasteiger partial charge in [0.15, 0.2) is 0 Å². The lowest BCUT2D eigenvalue weighted by Gasteiger charge is -2.18. The van der Waals surface area contributed by atoms with Crippen LogP contribution in [0.4, 0.5) is 5.82 Å². The molecule has 1 aromatic heterocycles. The smallest absolute Gasteiger partial charge is 0.255 e. The molecule has 1 fully saturated rings. The van der Waals surface area contributed by atoms with Crippen LogP contribution in [0.25, 0.3) is 11.0 Å². The third kappa shape index (κ3) is 3.35. The minimum atomic E-state index is -0.0207. The number of halogens is 1. The van der Waals surface area contributed by atoms with Gasteiger partial charge in [-0.1, -0.05) is 35.4 Å². The minimum Gasteiger partial charge on any atom is -0.364 e. The molecule has 0 spiro atoms. The standard InChI is InChI=1S/C20H19ClN4O/c1-13-6-7-16(21)15(10-13)20(26)25-9-8-14(12-25)23-19-11-22-17-4-2-3-5-18(17)24-19/h2-7,10-11,14H,8-9,12H2,1H3,(H,23,24). The average Bonchev–Trinajstić information content (AvgIpc) is 3.11. The number of fused-ring (bicyclic) bond motifs is 1. The fourth-order valence-corrected chi connectivity index (χ4v) is 3.47. The van der Waals surface area contributed by atoms with Crippen molar-refractivity contribution in [2.45, 2.75) is 19.4 Å². The quantitative estimate of drug-likeness (QED) is 0.763. The SMILES string of the molecule is Cc1ccc(Cl)c(C(=O)N2CCC(Nc3cnc4ccccc4n3)C2)c1. The molecule has 0 radical (unpaired) electrons. The van der Waals surface area contributed by atoms with Crippen LogP contribution in [0.5, 0.6) is 0 Å². The lowest BCUT2D eigenvalue weighted by Crippen LogP contribution is -2.32. The Bertz CT molecular complexity index is 975. The zero-order valence-corrected chi connectivity index (χ0v) is 15.2. The summed E-state index contributed by atoms with van der Waals surface area (Å²) in [5.41, 5.74) is 3.32. The van der Waals surface area contributed by atoms with Crippen LogP contribution in [0.15, 0.2) is 48.7 Å². The molecule has 1 aliphatic heterocycles. The Labute approximate surface area is 157 Å². The summed E-state index contributed by atoms with van der Waals surface area (Å²) in [7, 11) is 0. The molecular weight excluding hydrogens is 348 g/mol. The Morgan fingerprint density at radius 2 is 2.04 bits per heavy atom. The maximum absolute atomic E-state index is 12.8. The number of para-hydroxylation sites is 2. The number of nitrogens with zero attached hydrogens (tertiary/aromatic N) is 3. The molecule has 2 heterocycles. The van der Waals surface area contributed by atoms with E-state index in [0.29, 0.717) is 23.7 Å². The van der Waals surface area contributed by atoms with Crippen molar-refractivity contribution in [3.05, 3.63) is 64.8 Å². The zero-order chi connectivity index (χ0) is 18.1. The summed E-state index contributed by atoms with van der Waals surface area (Å²) < 4.78 is 0. The van der Waals surface area contributed by atoms with Gasteiger partial charge in [0.05, 0.1) is 27.8 Å². The van der Waals surface area contributed by atoms with Crippen molar-refractivity contribution in [3.63, 3.8) is 0 Å². The Balaban J connectivity index is 1.46. The predicted octanol–water partition coefficient (Wildman–Crippen LogP) is 3.92. The van der Waals surface area contributed by atoms with Gasteiger partial charge in [-0.05, 0) is 37.6 Å². The number of likely N-dealkylation sites (tertiary alicyclic amines) is 1. The van der Waals surface area contributed by atoms with Crippen molar-refractivity contribution in [2.24, 2.45) is 0 Å². The topological polar surface area (TPSA) is 58.1 Å². The normalized spacial score (nSPS) is 16.8. The van der Waals surface area contributed by atoms with E-state index in [-0.39, 0.29) is 11.9 Å². The van der Waals surface area contributed by atoms with Gasteiger partial charge in [0.2, 0.25) is 0 Å². The number of anilines is 1. The first-order valence-corrected chi connectivity index (χ1v) is 9.02. The van der Waals surface area contributed by atoms with E-state index in [0.717, 1.165) is 28.8 Å². The van der Waals surface area contributed by atoms with E-state index in [1.807, 2.05) is 48.2 Å². The summed E-state index contributed by atoms with van der Waals surface area (Å²) >= 11 is 6.21. The molecular formula is C20H19ClN4O. The first-order valence-electron chi connectivity index (χ1n) is 8.64. The average molecular weight is 367 g/mol. The highest BCUT2D eigenvalue weighted by atomic mass is 35.5. The molecule has 1 saturated heterocycles. The molecule has 5 nitrogen and oxygen atoms in total. The van der Waals surface area contributed by atoms with Gasteiger partial charge < -0.3 is 10.2 Å². The Hall–Kier alpha value is -2.66. The second-order valence-electron chi connectivity index (χ2n) is 6.61. The Morgan fingerprint density at radius 1 is 1.23 bits per heavy atom. The Kier molecular flexibility index (Phi) is 4.47. The van der Waals surface area contributed by atoms with Crippen molar-refractivity contribution in [1.29, 1.82) is 0 Å². The Morgan fingerprint density at radius 3 is 2.88 bits per heavy atom. The number of rotatable bonds is 3. The zero-order valence-electron chi connectivity index (χ0n) is 14.4. The summed E-state index contributed by atoms with van der Waals surface area (Å²) in [6.45, 7) is 3.28. The van der Waals surface area contributed by atoms with Crippen LogP contribution in [0.2, 0.25) is 5.02 Å². The van der Waals surface area contributed by atoms with Crippen LogP contribution in [-0.4, -0.2) is 39.9 Å². The summed E-state index contributed by atoms with van der Waals surface area (Å²) in [6.07, 6.45) is 2.61. The number of hydrogen-bond donors (Lipinski definition) is 1. The third-order valence-corrected chi connectivity index (χ3v) is 4.96. The minimum absolute atomic E-state index is 0.0207. The molecule has 6 heteroatoms. The summed E-state index contributed by atoms with van der Waals surface area (Å²) in [5.74, 6) is 0.712. The predicted molar refractivity (Wildman–Crippen MR) is 104 cm³/mol. The van der Waals surface area contributed by atoms with Crippen LogP contribution in [0.1, 0.15) is 22.3 Å². The van der Waals surface area contributed by atoms with E-state index in [9.17, 15) is 4.79 Å². The van der Waals surface area contributed by atoms with Gasteiger partial charge in [-0.15, -0.1) is 0 Å². The van der Waals surface area contributed by atoms with E-state index in [2.05, 4.69) is 15.3 Å². The van der Waals surface area contributed by atoms with Crippen molar-refractivity contribution in [1.82, 2.24) is 14.9 Å². The van der Waals surface area contributed by atoms with Crippen LogP contribution < -0.4 is 5.32 Å². The molecule has 132 valence electrons. The number of carbonyl (C=O) groups excluding carboxylic acids is 1. The molecule has 1 amide bonds. The van der Waals surface area contributed by atoms with E-state index in [1.54, 1.807) is 12.3 Å². The number of carbonyl (C=O) groups is 1. The van der Waals surface area contributed by atoms with Crippen molar-refractivity contribution in [3.8, 4) is 0 Å². The van der Waals surface area contributed by atoms with Gasteiger partial charge in [0, 0.05) is 19.1 Å². The van der Waals surface area contributed by atoms with Crippen molar-refractivity contribution >= 4 is 34.4 Å². The third-order valence-electron chi connectivity index (χ3n) is 4.63. The van der Waals surface area contributed by atoms with Crippen molar-refractivity contribution in [2.75, 3.05) is 18.4 Å². The largest absolute Gasteiger partial charge is 0.364 e. The van der Waals surface area contributed by atoms with Gasteiger partial charge in [0.25, 0.3) is 5.91 Å². The van der Waals surface area contributed by atoms with Crippen LogP contribution in [-0.2, 0) is 0 Å². The fourth-order valence-electron chi connectivity index (χ4n) is 3.27. The molecule has 0 saturated carbocycles. The highest BCUT2D eigenvalue weighted by Gasteiger charge is 2.28. The van der Waals surface area contributed by atoms with Gasteiger partial charge in [-0.2, -0.15) is 0 Å². The van der Waals surface area contributed by atoms with E-state index in [1.165, 1.54) is 0 Å². The highest BCUT2D eigenvalue weighted by molar-refractivity contribution is 6.33. The highest BCUT2D eigenvalue weighted by Crippen LogP contribution is 2.23. The molecule has 4 rings (SSSR count). The van der Waals surface area contributed by atoms with E-state index in [4.69, 9.17) is 11.6 Å². The van der Waals surface area contributed by atoms with E-state index >= 15 is 0 Å². The number of nitrogens with one attached hydrogen (secondary N) is 1. The molecule has 2 aromatic carbocycles. The fraction of sp³-hybridized carbons (Fsp3) is 0.250. The number of aromatic nitrogens is 2. The van der Waals surface area contributed by atoms with E-state index < -0.39 is 0 Å². The lowest BCUT2D eigenvalue weighted by atomic mass is 10.1. The molecule has 1 aliphatic rings. The number of benzene rings is 2.